The number of aromatic nitrogens is 2. The average molecular weight is 263 g/mol. The summed E-state index contributed by atoms with van der Waals surface area (Å²) >= 11 is 1.61. The van der Waals surface area contributed by atoms with Crippen molar-refractivity contribution in [3.8, 4) is 0 Å². The zero-order valence-electron chi connectivity index (χ0n) is 10.6. The molecule has 0 saturated carbocycles. The van der Waals surface area contributed by atoms with Gasteiger partial charge in [0.1, 0.15) is 0 Å². The summed E-state index contributed by atoms with van der Waals surface area (Å²) in [4.78, 5) is 11.8. The number of carbonyl (C=O) groups is 1. The van der Waals surface area contributed by atoms with Crippen LogP contribution in [0.3, 0.4) is 0 Å². The van der Waals surface area contributed by atoms with Gasteiger partial charge in [0.25, 0.3) is 0 Å². The monoisotopic (exact) mass is 263 g/mol. The summed E-state index contributed by atoms with van der Waals surface area (Å²) < 4.78 is 0. The lowest BCUT2D eigenvalue weighted by Gasteiger charge is -2.12. The van der Waals surface area contributed by atoms with Crippen molar-refractivity contribution in [3.05, 3.63) is 39.8 Å². The Morgan fingerprint density at radius 2 is 2.44 bits per heavy atom. The van der Waals surface area contributed by atoms with Crippen LogP contribution in [0.25, 0.3) is 0 Å². The fourth-order valence-electron chi connectivity index (χ4n) is 1.85. The molecule has 2 N–H and O–H groups in total. The molecular weight excluding hydrogens is 246 g/mol. The van der Waals surface area contributed by atoms with Crippen LogP contribution in [0.5, 0.6) is 0 Å². The molecule has 0 unspecified atom stereocenters. The Morgan fingerprint density at radius 1 is 1.61 bits per heavy atom. The number of aryl methyl sites for hydroxylation is 1. The van der Waals surface area contributed by atoms with Gasteiger partial charge >= 0.3 is 0 Å². The van der Waals surface area contributed by atoms with Crippen molar-refractivity contribution in [2.45, 2.75) is 32.7 Å². The number of H-pyrrole nitrogens is 1. The summed E-state index contributed by atoms with van der Waals surface area (Å²) in [6.45, 7) is 3.96. The molecule has 0 aliphatic heterocycles. The fraction of sp³-hybridized carbons (Fsp3) is 0.385. The molecule has 0 aliphatic rings. The largest absolute Gasteiger partial charge is 0.353 e. The number of rotatable bonds is 5. The first kappa shape index (κ1) is 12.8. The Kier molecular flexibility index (Phi) is 4.15. The van der Waals surface area contributed by atoms with E-state index in [4.69, 9.17) is 0 Å². The Morgan fingerprint density at radius 3 is 3.06 bits per heavy atom. The number of nitrogens with zero attached hydrogens (tertiary/aromatic N) is 1. The molecule has 2 aromatic heterocycles. The molecule has 96 valence electrons. The molecule has 1 amide bonds. The molecule has 0 fully saturated rings. The van der Waals surface area contributed by atoms with Gasteiger partial charge in [-0.05, 0) is 42.3 Å². The van der Waals surface area contributed by atoms with Gasteiger partial charge < -0.3 is 5.32 Å². The third kappa shape index (κ3) is 3.70. The Labute approximate surface area is 110 Å². The number of thiophene rings is 1. The number of hydrogen-bond acceptors (Lipinski definition) is 3. The van der Waals surface area contributed by atoms with E-state index in [2.05, 4.69) is 15.5 Å². The summed E-state index contributed by atoms with van der Waals surface area (Å²) in [6, 6.07) is 4.08. The van der Waals surface area contributed by atoms with E-state index in [1.165, 1.54) is 0 Å². The normalized spacial score (nSPS) is 12.3. The third-order valence-electron chi connectivity index (χ3n) is 2.63. The zero-order chi connectivity index (χ0) is 13.0. The van der Waals surface area contributed by atoms with Gasteiger partial charge in [0.05, 0.1) is 12.1 Å². The van der Waals surface area contributed by atoms with Crippen molar-refractivity contribution in [2.24, 2.45) is 0 Å². The lowest BCUT2D eigenvalue weighted by molar-refractivity contribution is -0.121. The van der Waals surface area contributed by atoms with Crippen LogP contribution in [0.2, 0.25) is 0 Å². The Balaban J connectivity index is 1.80. The number of aromatic amines is 1. The molecule has 2 aromatic rings. The van der Waals surface area contributed by atoms with Crippen LogP contribution >= 0.6 is 11.3 Å². The van der Waals surface area contributed by atoms with E-state index in [1.807, 2.05) is 36.7 Å². The molecule has 0 radical (unpaired) electrons. The highest BCUT2D eigenvalue weighted by Gasteiger charge is 2.10. The zero-order valence-corrected chi connectivity index (χ0v) is 11.4. The highest BCUT2D eigenvalue weighted by Crippen LogP contribution is 2.07. The Bertz CT molecular complexity index is 504. The van der Waals surface area contributed by atoms with E-state index in [1.54, 1.807) is 11.3 Å². The van der Waals surface area contributed by atoms with Crippen molar-refractivity contribution in [3.63, 3.8) is 0 Å². The van der Waals surface area contributed by atoms with Gasteiger partial charge in [0.2, 0.25) is 5.91 Å². The molecule has 0 aromatic carbocycles. The van der Waals surface area contributed by atoms with Crippen molar-refractivity contribution < 1.29 is 4.79 Å². The van der Waals surface area contributed by atoms with Crippen molar-refractivity contribution >= 4 is 17.2 Å². The van der Waals surface area contributed by atoms with E-state index >= 15 is 0 Å². The predicted molar refractivity (Wildman–Crippen MR) is 72.7 cm³/mol. The van der Waals surface area contributed by atoms with Gasteiger partial charge in [-0.2, -0.15) is 16.4 Å². The van der Waals surface area contributed by atoms with Gasteiger partial charge in [-0.15, -0.1) is 0 Å². The summed E-state index contributed by atoms with van der Waals surface area (Å²) in [5.41, 5.74) is 3.10. The maximum Gasteiger partial charge on any atom is 0.224 e. The van der Waals surface area contributed by atoms with Crippen molar-refractivity contribution in [1.29, 1.82) is 0 Å². The van der Waals surface area contributed by atoms with Crippen LogP contribution in [-0.4, -0.2) is 22.1 Å². The molecule has 5 heteroatoms. The summed E-state index contributed by atoms with van der Waals surface area (Å²) in [6.07, 6.45) is 1.20. The van der Waals surface area contributed by atoms with Crippen LogP contribution in [0.4, 0.5) is 0 Å². The van der Waals surface area contributed by atoms with E-state index in [9.17, 15) is 4.79 Å². The third-order valence-corrected chi connectivity index (χ3v) is 3.36. The smallest absolute Gasteiger partial charge is 0.224 e. The second kappa shape index (κ2) is 5.82. The minimum atomic E-state index is 0.0631. The highest BCUT2D eigenvalue weighted by molar-refractivity contribution is 7.07. The van der Waals surface area contributed by atoms with Crippen LogP contribution in [-0.2, 0) is 17.6 Å². The first-order valence-corrected chi connectivity index (χ1v) is 6.89. The van der Waals surface area contributed by atoms with Crippen LogP contribution < -0.4 is 5.32 Å². The lowest BCUT2D eigenvalue weighted by Crippen LogP contribution is -2.35. The second-order valence-electron chi connectivity index (χ2n) is 4.52. The summed E-state index contributed by atoms with van der Waals surface area (Å²) in [5, 5.41) is 14.0. The molecule has 0 aliphatic carbocycles. The quantitative estimate of drug-likeness (QED) is 0.867. The maximum absolute atomic E-state index is 11.8. The number of amides is 1. The lowest BCUT2D eigenvalue weighted by atomic mass is 10.1. The standard InChI is InChI=1S/C13H17N3OS/c1-9(5-12-6-10(2)15-16-12)14-13(17)7-11-3-4-18-8-11/h3-4,6,8-9H,5,7H2,1-2H3,(H,14,17)(H,15,16)/t9-/m0/s1. The van der Waals surface area contributed by atoms with Crippen LogP contribution in [0.15, 0.2) is 22.9 Å². The van der Waals surface area contributed by atoms with E-state index in [0.29, 0.717) is 6.42 Å². The van der Waals surface area contributed by atoms with Gasteiger partial charge in [-0.25, -0.2) is 0 Å². The molecule has 0 spiro atoms. The molecule has 0 saturated heterocycles. The summed E-state index contributed by atoms with van der Waals surface area (Å²) in [7, 11) is 0. The molecular formula is C13H17N3OS. The first-order valence-electron chi connectivity index (χ1n) is 5.95. The van der Waals surface area contributed by atoms with Gasteiger partial charge in [-0.3, -0.25) is 9.89 Å². The van der Waals surface area contributed by atoms with Gasteiger partial charge in [-0.1, -0.05) is 0 Å². The fourth-order valence-corrected chi connectivity index (χ4v) is 2.52. The van der Waals surface area contributed by atoms with Crippen molar-refractivity contribution in [2.75, 3.05) is 0 Å². The highest BCUT2D eigenvalue weighted by atomic mass is 32.1. The van der Waals surface area contributed by atoms with E-state index in [0.717, 1.165) is 23.4 Å². The number of hydrogen-bond donors (Lipinski definition) is 2. The van der Waals surface area contributed by atoms with Gasteiger partial charge in [0.15, 0.2) is 0 Å². The van der Waals surface area contributed by atoms with Crippen LogP contribution in [0.1, 0.15) is 23.9 Å². The molecule has 0 bridgehead atoms. The molecule has 2 heterocycles. The van der Waals surface area contributed by atoms with Crippen LogP contribution in [0, 0.1) is 6.92 Å². The topological polar surface area (TPSA) is 57.8 Å². The Hall–Kier alpha value is -1.62. The first-order chi connectivity index (χ1) is 8.63. The maximum atomic E-state index is 11.8. The van der Waals surface area contributed by atoms with E-state index < -0.39 is 0 Å². The SMILES string of the molecule is Cc1cc(C[C@H](C)NC(=O)Cc2ccsc2)n[nH]1. The molecule has 18 heavy (non-hydrogen) atoms. The number of nitrogens with one attached hydrogen (secondary N) is 2. The number of carbonyl (C=O) groups excluding carboxylic acids is 1. The molecule has 1 atom stereocenters. The predicted octanol–water partition coefficient (Wildman–Crippen LogP) is 2.07. The molecule has 2 rings (SSSR count). The summed E-state index contributed by atoms with van der Waals surface area (Å²) in [5.74, 6) is 0.0631. The van der Waals surface area contributed by atoms with E-state index in [-0.39, 0.29) is 11.9 Å². The van der Waals surface area contributed by atoms with Gasteiger partial charge in [0, 0.05) is 18.2 Å². The minimum Gasteiger partial charge on any atom is -0.353 e. The second-order valence-corrected chi connectivity index (χ2v) is 5.30. The van der Waals surface area contributed by atoms with Crippen molar-refractivity contribution in [1.82, 2.24) is 15.5 Å². The average Bonchev–Trinajstić information content (AvgIpc) is 2.90. The molecule has 4 nitrogen and oxygen atoms in total. The minimum absolute atomic E-state index is 0.0631.